The molecule has 0 amide bonds. The third-order valence-electron chi connectivity index (χ3n) is 1.55. The molecule has 1 heterocycles. The number of hydrogen-bond acceptors (Lipinski definition) is 3. The molecule has 0 radical (unpaired) electrons. The highest BCUT2D eigenvalue weighted by molar-refractivity contribution is 4.63. The Labute approximate surface area is 54.6 Å². The van der Waals surface area contributed by atoms with Crippen LogP contribution in [0.1, 0.15) is 12.8 Å². The van der Waals surface area contributed by atoms with Gasteiger partial charge < -0.3 is 14.6 Å². The standard InChI is InChI=1S/C6H12O3/c1-8-5-2-3-9-6(7)4-5/h5-7H,2-4H2,1H3. The van der Waals surface area contributed by atoms with Crippen molar-refractivity contribution in [1.29, 1.82) is 0 Å². The van der Waals surface area contributed by atoms with Gasteiger partial charge in [-0.3, -0.25) is 0 Å². The molecule has 1 aliphatic heterocycles. The van der Waals surface area contributed by atoms with E-state index >= 15 is 0 Å². The van der Waals surface area contributed by atoms with Crippen molar-refractivity contribution in [3.8, 4) is 0 Å². The fourth-order valence-corrected chi connectivity index (χ4v) is 0.960. The zero-order valence-corrected chi connectivity index (χ0v) is 5.54. The molecule has 2 unspecified atom stereocenters. The van der Waals surface area contributed by atoms with E-state index in [4.69, 9.17) is 14.6 Å². The van der Waals surface area contributed by atoms with Gasteiger partial charge in [0.05, 0.1) is 12.7 Å². The second-order valence-corrected chi connectivity index (χ2v) is 2.21. The Bertz CT molecular complexity index is 84.4. The molecule has 0 spiro atoms. The maximum atomic E-state index is 8.91. The van der Waals surface area contributed by atoms with Crippen molar-refractivity contribution in [2.24, 2.45) is 0 Å². The molecule has 0 aromatic rings. The van der Waals surface area contributed by atoms with Crippen molar-refractivity contribution < 1.29 is 14.6 Å². The number of aliphatic hydroxyl groups is 1. The van der Waals surface area contributed by atoms with E-state index in [1.54, 1.807) is 7.11 Å². The lowest BCUT2D eigenvalue weighted by molar-refractivity contribution is -0.158. The van der Waals surface area contributed by atoms with Crippen LogP contribution in [0.4, 0.5) is 0 Å². The molecule has 1 rings (SSSR count). The predicted octanol–water partition coefficient (Wildman–Crippen LogP) is 0.130. The zero-order valence-electron chi connectivity index (χ0n) is 5.54. The fraction of sp³-hybridized carbons (Fsp3) is 1.00. The normalized spacial score (nSPS) is 36.7. The van der Waals surface area contributed by atoms with E-state index < -0.39 is 6.29 Å². The molecular weight excluding hydrogens is 120 g/mol. The second kappa shape index (κ2) is 3.15. The van der Waals surface area contributed by atoms with Crippen molar-refractivity contribution >= 4 is 0 Å². The summed E-state index contributed by atoms with van der Waals surface area (Å²) < 4.78 is 9.91. The van der Waals surface area contributed by atoms with Crippen LogP contribution in [0.25, 0.3) is 0 Å². The van der Waals surface area contributed by atoms with Gasteiger partial charge in [-0.05, 0) is 6.42 Å². The summed E-state index contributed by atoms with van der Waals surface area (Å²) in [7, 11) is 1.66. The highest BCUT2D eigenvalue weighted by atomic mass is 16.6. The molecular formula is C6H12O3. The maximum absolute atomic E-state index is 8.91. The van der Waals surface area contributed by atoms with E-state index in [1.807, 2.05) is 0 Å². The Morgan fingerprint density at radius 2 is 2.44 bits per heavy atom. The third kappa shape index (κ3) is 1.93. The van der Waals surface area contributed by atoms with E-state index in [0.717, 1.165) is 6.42 Å². The molecule has 3 heteroatoms. The van der Waals surface area contributed by atoms with Gasteiger partial charge in [-0.2, -0.15) is 0 Å². The lowest BCUT2D eigenvalue weighted by Crippen LogP contribution is -2.29. The van der Waals surface area contributed by atoms with Crippen LogP contribution in [-0.4, -0.2) is 31.2 Å². The van der Waals surface area contributed by atoms with Gasteiger partial charge in [-0.25, -0.2) is 0 Å². The van der Waals surface area contributed by atoms with Gasteiger partial charge >= 0.3 is 0 Å². The molecule has 0 aromatic heterocycles. The van der Waals surface area contributed by atoms with Gasteiger partial charge in [0.2, 0.25) is 0 Å². The summed E-state index contributed by atoms with van der Waals surface area (Å²) >= 11 is 0. The van der Waals surface area contributed by atoms with E-state index in [1.165, 1.54) is 0 Å². The average molecular weight is 132 g/mol. The van der Waals surface area contributed by atoms with Crippen LogP contribution in [0.5, 0.6) is 0 Å². The van der Waals surface area contributed by atoms with Crippen molar-refractivity contribution in [3.05, 3.63) is 0 Å². The molecule has 3 nitrogen and oxygen atoms in total. The number of ether oxygens (including phenoxy) is 2. The van der Waals surface area contributed by atoms with Crippen molar-refractivity contribution in [2.75, 3.05) is 13.7 Å². The molecule has 0 saturated carbocycles. The molecule has 54 valence electrons. The SMILES string of the molecule is COC1CCOC(O)C1. The van der Waals surface area contributed by atoms with E-state index in [2.05, 4.69) is 0 Å². The summed E-state index contributed by atoms with van der Waals surface area (Å²) in [5, 5.41) is 8.91. The summed E-state index contributed by atoms with van der Waals surface area (Å²) in [6.07, 6.45) is 1.08. The molecule has 1 fully saturated rings. The number of methoxy groups -OCH3 is 1. The Morgan fingerprint density at radius 3 is 2.89 bits per heavy atom. The summed E-state index contributed by atoms with van der Waals surface area (Å²) in [6, 6.07) is 0. The van der Waals surface area contributed by atoms with Crippen LogP contribution in [-0.2, 0) is 9.47 Å². The van der Waals surface area contributed by atoms with Crippen LogP contribution in [0, 0.1) is 0 Å². The topological polar surface area (TPSA) is 38.7 Å². The van der Waals surface area contributed by atoms with Gasteiger partial charge in [0, 0.05) is 13.5 Å². The van der Waals surface area contributed by atoms with Gasteiger partial charge in [-0.15, -0.1) is 0 Å². The van der Waals surface area contributed by atoms with Crippen LogP contribution >= 0.6 is 0 Å². The van der Waals surface area contributed by atoms with Gasteiger partial charge in [0.25, 0.3) is 0 Å². The van der Waals surface area contributed by atoms with Crippen LogP contribution in [0.3, 0.4) is 0 Å². The van der Waals surface area contributed by atoms with Gasteiger partial charge in [0.15, 0.2) is 6.29 Å². The Balaban J connectivity index is 2.23. The second-order valence-electron chi connectivity index (χ2n) is 2.21. The highest BCUT2D eigenvalue weighted by Gasteiger charge is 2.19. The molecule has 2 atom stereocenters. The summed E-state index contributed by atoms with van der Waals surface area (Å²) in [5.41, 5.74) is 0. The lowest BCUT2D eigenvalue weighted by Gasteiger charge is -2.24. The van der Waals surface area contributed by atoms with Crippen molar-refractivity contribution in [2.45, 2.75) is 25.2 Å². The summed E-state index contributed by atoms with van der Waals surface area (Å²) in [5.74, 6) is 0. The van der Waals surface area contributed by atoms with E-state index in [0.29, 0.717) is 13.0 Å². The molecule has 1 N–H and O–H groups in total. The predicted molar refractivity (Wildman–Crippen MR) is 32.0 cm³/mol. The maximum Gasteiger partial charge on any atom is 0.157 e. The summed E-state index contributed by atoms with van der Waals surface area (Å²) in [4.78, 5) is 0. The molecule has 9 heavy (non-hydrogen) atoms. The molecule has 1 saturated heterocycles. The van der Waals surface area contributed by atoms with Gasteiger partial charge in [-0.1, -0.05) is 0 Å². The number of rotatable bonds is 1. The van der Waals surface area contributed by atoms with Crippen molar-refractivity contribution in [1.82, 2.24) is 0 Å². The zero-order chi connectivity index (χ0) is 6.69. The Hall–Kier alpha value is -0.120. The Kier molecular flexibility index (Phi) is 2.45. The minimum absolute atomic E-state index is 0.189. The van der Waals surface area contributed by atoms with Crippen LogP contribution in [0.2, 0.25) is 0 Å². The molecule has 0 bridgehead atoms. The van der Waals surface area contributed by atoms with Gasteiger partial charge in [0.1, 0.15) is 0 Å². The van der Waals surface area contributed by atoms with Crippen LogP contribution < -0.4 is 0 Å². The van der Waals surface area contributed by atoms with E-state index in [9.17, 15) is 0 Å². The minimum Gasteiger partial charge on any atom is -0.381 e. The molecule has 0 aromatic carbocycles. The Morgan fingerprint density at radius 1 is 1.67 bits per heavy atom. The highest BCUT2D eigenvalue weighted by Crippen LogP contribution is 2.13. The first-order chi connectivity index (χ1) is 4.33. The largest absolute Gasteiger partial charge is 0.381 e. The third-order valence-corrected chi connectivity index (χ3v) is 1.55. The lowest BCUT2D eigenvalue weighted by atomic mass is 10.1. The minimum atomic E-state index is -0.608. The quantitative estimate of drug-likeness (QED) is 0.551. The van der Waals surface area contributed by atoms with E-state index in [-0.39, 0.29) is 6.10 Å². The molecule has 0 aliphatic carbocycles. The first-order valence-electron chi connectivity index (χ1n) is 3.15. The fourth-order valence-electron chi connectivity index (χ4n) is 0.960. The number of hydrogen-bond donors (Lipinski definition) is 1. The van der Waals surface area contributed by atoms with Crippen molar-refractivity contribution in [3.63, 3.8) is 0 Å². The van der Waals surface area contributed by atoms with Crippen LogP contribution in [0.15, 0.2) is 0 Å². The number of aliphatic hydroxyl groups excluding tert-OH is 1. The average Bonchev–Trinajstić information content (AvgIpc) is 1.88. The first-order valence-corrected chi connectivity index (χ1v) is 3.15. The smallest absolute Gasteiger partial charge is 0.157 e. The summed E-state index contributed by atoms with van der Waals surface area (Å²) in [6.45, 7) is 0.611. The molecule has 1 aliphatic rings. The first kappa shape index (κ1) is 6.99. The monoisotopic (exact) mass is 132 g/mol.